The molecule has 1 aliphatic heterocycles. The highest BCUT2D eigenvalue weighted by atomic mass is 35.5. The Morgan fingerprint density at radius 1 is 0.963 bits per heavy atom. The van der Waals surface area contributed by atoms with Gasteiger partial charge in [0.15, 0.2) is 0 Å². The number of carbonyl (C=O) groups is 1. The summed E-state index contributed by atoms with van der Waals surface area (Å²) in [4.78, 5) is 15.2. The summed E-state index contributed by atoms with van der Waals surface area (Å²) in [6.07, 6.45) is 0. The number of benzene rings is 2. The van der Waals surface area contributed by atoms with Crippen LogP contribution in [0.4, 0.5) is 5.69 Å². The van der Waals surface area contributed by atoms with Crippen LogP contribution in [0, 0.1) is 0 Å². The highest BCUT2D eigenvalue weighted by Crippen LogP contribution is 2.26. The first-order chi connectivity index (χ1) is 12.7. The summed E-state index contributed by atoms with van der Waals surface area (Å²) in [7, 11) is -4.04. The van der Waals surface area contributed by atoms with Gasteiger partial charge in [0, 0.05) is 48.8 Å². The zero-order valence-electron chi connectivity index (χ0n) is 14.6. The molecule has 0 aromatic heterocycles. The van der Waals surface area contributed by atoms with Crippen LogP contribution in [0.3, 0.4) is 0 Å². The molecule has 27 heavy (non-hydrogen) atoms. The number of anilines is 1. The Hall–Kier alpha value is -1.96. The minimum absolute atomic E-state index is 0.0738. The van der Waals surface area contributed by atoms with Crippen LogP contribution < -0.4 is 9.08 Å². The molecule has 0 spiro atoms. The van der Waals surface area contributed by atoms with E-state index in [4.69, 9.17) is 27.4 Å². The van der Waals surface area contributed by atoms with Crippen molar-refractivity contribution in [3.63, 3.8) is 0 Å². The van der Waals surface area contributed by atoms with E-state index in [1.165, 1.54) is 18.2 Å². The molecule has 0 aliphatic carbocycles. The monoisotopic (exact) mass is 428 g/mol. The summed E-state index contributed by atoms with van der Waals surface area (Å²) in [5.41, 5.74) is 0.939. The molecule has 1 heterocycles. The maximum Gasteiger partial charge on any atom is 0.339 e. The van der Waals surface area contributed by atoms with Crippen LogP contribution in [0.25, 0.3) is 0 Å². The third-order valence-electron chi connectivity index (χ3n) is 4.26. The van der Waals surface area contributed by atoms with Crippen molar-refractivity contribution in [2.75, 3.05) is 31.1 Å². The van der Waals surface area contributed by atoms with E-state index in [2.05, 4.69) is 4.90 Å². The van der Waals surface area contributed by atoms with Gasteiger partial charge in [-0.05, 0) is 42.5 Å². The number of carbonyl (C=O) groups excluding carboxylic acids is 1. The van der Waals surface area contributed by atoms with Crippen molar-refractivity contribution >= 4 is 44.9 Å². The fraction of sp³-hybridized carbons (Fsp3) is 0.278. The average Bonchev–Trinajstić information content (AvgIpc) is 2.61. The molecule has 0 saturated carbocycles. The second-order valence-electron chi connectivity index (χ2n) is 6.13. The van der Waals surface area contributed by atoms with E-state index >= 15 is 0 Å². The fourth-order valence-corrected chi connectivity index (χ4v) is 4.50. The van der Waals surface area contributed by atoms with E-state index in [9.17, 15) is 13.2 Å². The van der Waals surface area contributed by atoms with Crippen LogP contribution in [0.15, 0.2) is 47.4 Å². The average molecular weight is 429 g/mol. The molecular weight excluding hydrogens is 411 g/mol. The van der Waals surface area contributed by atoms with Gasteiger partial charge >= 0.3 is 10.1 Å². The molecule has 0 unspecified atom stereocenters. The number of halogens is 2. The number of rotatable bonds is 4. The lowest BCUT2D eigenvalue weighted by Gasteiger charge is -2.35. The molecule has 1 aliphatic rings. The Balaban J connectivity index is 1.70. The SMILES string of the molecule is CC(=O)N1CCN(c2ccc(OS(=O)(=O)c3cc(Cl)cc(Cl)c3)cc2)CC1. The van der Waals surface area contributed by atoms with Gasteiger partial charge in [-0.3, -0.25) is 4.79 Å². The molecule has 2 aromatic rings. The molecule has 0 N–H and O–H groups in total. The van der Waals surface area contributed by atoms with Gasteiger partial charge in [0.2, 0.25) is 5.91 Å². The zero-order chi connectivity index (χ0) is 19.6. The van der Waals surface area contributed by atoms with Gasteiger partial charge in [-0.15, -0.1) is 0 Å². The van der Waals surface area contributed by atoms with Gasteiger partial charge in [-0.1, -0.05) is 23.2 Å². The zero-order valence-corrected chi connectivity index (χ0v) is 16.9. The lowest BCUT2D eigenvalue weighted by atomic mass is 10.2. The van der Waals surface area contributed by atoms with E-state index in [1.807, 2.05) is 0 Å². The predicted molar refractivity (Wildman–Crippen MR) is 105 cm³/mol. The first-order valence-electron chi connectivity index (χ1n) is 8.26. The number of piperazine rings is 1. The van der Waals surface area contributed by atoms with Crippen molar-refractivity contribution in [2.45, 2.75) is 11.8 Å². The van der Waals surface area contributed by atoms with Crippen LogP contribution in [0.5, 0.6) is 5.75 Å². The number of hydrogen-bond acceptors (Lipinski definition) is 5. The van der Waals surface area contributed by atoms with Crippen LogP contribution >= 0.6 is 23.2 Å². The molecule has 1 saturated heterocycles. The van der Waals surface area contributed by atoms with E-state index in [-0.39, 0.29) is 26.6 Å². The minimum Gasteiger partial charge on any atom is -0.379 e. The van der Waals surface area contributed by atoms with Gasteiger partial charge in [0.05, 0.1) is 0 Å². The topological polar surface area (TPSA) is 66.9 Å². The van der Waals surface area contributed by atoms with Crippen molar-refractivity contribution in [3.05, 3.63) is 52.5 Å². The van der Waals surface area contributed by atoms with Crippen molar-refractivity contribution in [1.29, 1.82) is 0 Å². The summed E-state index contributed by atoms with van der Waals surface area (Å²) in [5, 5.41) is 0.425. The van der Waals surface area contributed by atoms with Crippen molar-refractivity contribution in [3.8, 4) is 5.75 Å². The second kappa shape index (κ2) is 7.96. The van der Waals surface area contributed by atoms with Gasteiger partial charge < -0.3 is 14.0 Å². The Labute approximate surface area is 168 Å². The van der Waals surface area contributed by atoms with Gasteiger partial charge in [-0.2, -0.15) is 8.42 Å². The van der Waals surface area contributed by atoms with E-state index < -0.39 is 10.1 Å². The molecule has 3 rings (SSSR count). The molecule has 0 atom stereocenters. The number of nitrogens with zero attached hydrogens (tertiary/aromatic N) is 2. The first kappa shape index (κ1) is 19.8. The molecule has 144 valence electrons. The van der Waals surface area contributed by atoms with E-state index in [1.54, 1.807) is 36.1 Å². The lowest BCUT2D eigenvalue weighted by Crippen LogP contribution is -2.48. The summed E-state index contributed by atoms with van der Waals surface area (Å²) in [6, 6.07) is 10.8. The Bertz CT molecular complexity index is 920. The molecule has 1 amide bonds. The molecule has 9 heteroatoms. The summed E-state index contributed by atoms with van der Waals surface area (Å²) in [6.45, 7) is 4.34. The Morgan fingerprint density at radius 3 is 2.04 bits per heavy atom. The van der Waals surface area contributed by atoms with Gasteiger partial charge in [0.1, 0.15) is 10.6 Å². The largest absolute Gasteiger partial charge is 0.379 e. The van der Waals surface area contributed by atoms with E-state index in [0.717, 1.165) is 18.8 Å². The second-order valence-corrected chi connectivity index (χ2v) is 8.55. The van der Waals surface area contributed by atoms with Gasteiger partial charge in [0.25, 0.3) is 0 Å². The molecule has 0 bridgehead atoms. The highest BCUT2D eigenvalue weighted by molar-refractivity contribution is 7.87. The lowest BCUT2D eigenvalue weighted by molar-refractivity contribution is -0.129. The Morgan fingerprint density at radius 2 is 1.52 bits per heavy atom. The fourth-order valence-electron chi connectivity index (χ4n) is 2.84. The predicted octanol–water partition coefficient (Wildman–Crippen LogP) is 3.43. The minimum atomic E-state index is -4.04. The smallest absolute Gasteiger partial charge is 0.339 e. The van der Waals surface area contributed by atoms with Crippen molar-refractivity contribution in [1.82, 2.24) is 4.90 Å². The van der Waals surface area contributed by atoms with Crippen LogP contribution in [-0.4, -0.2) is 45.4 Å². The third kappa shape index (κ3) is 4.86. The Kier molecular flexibility index (Phi) is 5.83. The summed E-state index contributed by atoms with van der Waals surface area (Å²) in [5.74, 6) is 0.266. The normalized spacial score (nSPS) is 14.9. The van der Waals surface area contributed by atoms with Crippen LogP contribution in [0.2, 0.25) is 10.0 Å². The maximum atomic E-state index is 12.4. The van der Waals surface area contributed by atoms with E-state index in [0.29, 0.717) is 13.1 Å². The first-order valence-corrected chi connectivity index (χ1v) is 10.4. The third-order valence-corrected chi connectivity index (χ3v) is 5.92. The highest BCUT2D eigenvalue weighted by Gasteiger charge is 2.20. The number of hydrogen-bond donors (Lipinski definition) is 0. The van der Waals surface area contributed by atoms with Gasteiger partial charge in [-0.25, -0.2) is 0 Å². The molecule has 1 fully saturated rings. The molecule has 2 aromatic carbocycles. The molecule has 0 radical (unpaired) electrons. The maximum absolute atomic E-state index is 12.4. The molecule has 6 nitrogen and oxygen atoms in total. The summed E-state index contributed by atoms with van der Waals surface area (Å²) < 4.78 is 30.0. The van der Waals surface area contributed by atoms with Crippen LogP contribution in [-0.2, 0) is 14.9 Å². The standard InChI is InChI=1S/C18H18Cl2N2O4S/c1-13(23)21-6-8-22(9-7-21)16-2-4-17(5-3-16)26-27(24,25)18-11-14(19)10-15(20)12-18/h2-5,10-12H,6-9H2,1H3. The molecular formula is C18H18Cl2N2O4S. The number of amides is 1. The van der Waals surface area contributed by atoms with Crippen molar-refractivity contribution < 1.29 is 17.4 Å². The van der Waals surface area contributed by atoms with Crippen molar-refractivity contribution in [2.24, 2.45) is 0 Å². The van der Waals surface area contributed by atoms with Crippen LogP contribution in [0.1, 0.15) is 6.92 Å². The quantitative estimate of drug-likeness (QED) is 0.697. The summed E-state index contributed by atoms with van der Waals surface area (Å²) >= 11 is 11.7.